The summed E-state index contributed by atoms with van der Waals surface area (Å²) in [6.07, 6.45) is 4.47. The Kier molecular flexibility index (Phi) is 7.94. The van der Waals surface area contributed by atoms with Gasteiger partial charge in [-0.25, -0.2) is 0 Å². The number of methoxy groups -OCH3 is 2. The fraction of sp³-hybridized carbons (Fsp3) is 0.458. The second-order valence-corrected chi connectivity index (χ2v) is 7.74. The second-order valence-electron chi connectivity index (χ2n) is 7.74. The number of ether oxygens (including phenoxy) is 2. The van der Waals surface area contributed by atoms with Gasteiger partial charge in [-0.2, -0.15) is 0 Å². The lowest BCUT2D eigenvalue weighted by Crippen LogP contribution is -2.41. The summed E-state index contributed by atoms with van der Waals surface area (Å²) in [6.45, 7) is 3.07. The van der Waals surface area contributed by atoms with E-state index >= 15 is 0 Å². The van der Waals surface area contributed by atoms with Crippen LogP contribution in [0.4, 0.5) is 0 Å². The number of hydrogen-bond acceptors (Lipinski definition) is 4. The van der Waals surface area contributed by atoms with Gasteiger partial charge < -0.3 is 14.8 Å². The molecule has 0 saturated carbocycles. The normalized spacial score (nSPS) is 15.1. The van der Waals surface area contributed by atoms with E-state index in [0.29, 0.717) is 19.0 Å². The maximum absolute atomic E-state index is 12.2. The highest BCUT2D eigenvalue weighted by molar-refractivity contribution is 5.78. The lowest BCUT2D eigenvalue weighted by molar-refractivity contribution is -0.122. The molecule has 1 aliphatic rings. The summed E-state index contributed by atoms with van der Waals surface area (Å²) in [5, 5.41) is 3.02. The number of likely N-dealkylation sites (tertiary alicyclic amines) is 1. The number of rotatable bonds is 9. The Morgan fingerprint density at radius 3 is 2.28 bits per heavy atom. The van der Waals surface area contributed by atoms with E-state index in [0.717, 1.165) is 55.8 Å². The minimum Gasteiger partial charge on any atom is -0.497 e. The van der Waals surface area contributed by atoms with Crippen LogP contribution in [0.2, 0.25) is 0 Å². The van der Waals surface area contributed by atoms with Gasteiger partial charge in [-0.05, 0) is 68.0 Å². The number of hydrogen-bond donors (Lipinski definition) is 1. The van der Waals surface area contributed by atoms with Gasteiger partial charge in [0.15, 0.2) is 0 Å². The minimum absolute atomic E-state index is 0.107. The SMILES string of the molecule is COc1cc(CCC2CCN(CC(=O)NCc3ccccc3)CC2)cc(OC)c1. The number of nitrogens with one attached hydrogen (secondary N) is 1. The number of benzene rings is 2. The van der Waals surface area contributed by atoms with E-state index in [1.54, 1.807) is 14.2 Å². The molecule has 5 nitrogen and oxygen atoms in total. The highest BCUT2D eigenvalue weighted by Crippen LogP contribution is 2.26. The lowest BCUT2D eigenvalue weighted by atomic mass is 9.90. The molecule has 3 rings (SSSR count). The molecule has 29 heavy (non-hydrogen) atoms. The van der Waals surface area contributed by atoms with Gasteiger partial charge >= 0.3 is 0 Å². The third-order valence-corrected chi connectivity index (χ3v) is 5.66. The van der Waals surface area contributed by atoms with Crippen LogP contribution in [0, 0.1) is 5.92 Å². The maximum Gasteiger partial charge on any atom is 0.234 e. The summed E-state index contributed by atoms with van der Waals surface area (Å²) in [5.41, 5.74) is 2.39. The van der Waals surface area contributed by atoms with Gasteiger partial charge in [0.1, 0.15) is 11.5 Å². The molecule has 0 spiro atoms. The summed E-state index contributed by atoms with van der Waals surface area (Å²) in [6, 6.07) is 16.1. The van der Waals surface area contributed by atoms with Crippen molar-refractivity contribution >= 4 is 5.91 Å². The van der Waals surface area contributed by atoms with Crippen molar-refractivity contribution in [2.24, 2.45) is 5.92 Å². The molecule has 156 valence electrons. The Balaban J connectivity index is 1.37. The van der Waals surface area contributed by atoms with Crippen molar-refractivity contribution in [3.8, 4) is 11.5 Å². The summed E-state index contributed by atoms with van der Waals surface area (Å²) in [4.78, 5) is 14.5. The number of nitrogens with zero attached hydrogens (tertiary/aromatic N) is 1. The van der Waals surface area contributed by atoms with Crippen LogP contribution < -0.4 is 14.8 Å². The smallest absolute Gasteiger partial charge is 0.234 e. The second kappa shape index (κ2) is 10.9. The van der Waals surface area contributed by atoms with Crippen molar-refractivity contribution in [1.29, 1.82) is 0 Å². The van der Waals surface area contributed by atoms with E-state index < -0.39 is 0 Å². The van der Waals surface area contributed by atoms with Gasteiger partial charge in [0.25, 0.3) is 0 Å². The van der Waals surface area contributed by atoms with E-state index in [2.05, 4.69) is 22.3 Å². The van der Waals surface area contributed by atoms with Gasteiger partial charge in [-0.15, -0.1) is 0 Å². The molecule has 1 amide bonds. The molecule has 0 radical (unpaired) electrons. The molecule has 0 unspecified atom stereocenters. The molecule has 0 atom stereocenters. The van der Waals surface area contributed by atoms with E-state index in [1.165, 1.54) is 5.56 Å². The number of carbonyl (C=O) groups excluding carboxylic acids is 1. The molecule has 0 aliphatic carbocycles. The van der Waals surface area contributed by atoms with Crippen LogP contribution in [0.15, 0.2) is 48.5 Å². The standard InChI is InChI=1S/C24H32N2O3/c1-28-22-14-21(15-23(16-22)29-2)9-8-19-10-12-26(13-11-19)18-24(27)25-17-20-6-4-3-5-7-20/h3-7,14-16,19H,8-13,17-18H2,1-2H3,(H,25,27). The largest absolute Gasteiger partial charge is 0.497 e. The van der Waals surface area contributed by atoms with Crippen LogP contribution in [0.1, 0.15) is 30.4 Å². The average molecular weight is 397 g/mol. The van der Waals surface area contributed by atoms with Crippen molar-refractivity contribution in [2.75, 3.05) is 33.9 Å². The van der Waals surface area contributed by atoms with Gasteiger partial charge in [0, 0.05) is 12.6 Å². The van der Waals surface area contributed by atoms with Crippen LogP contribution in [0.5, 0.6) is 11.5 Å². The Hall–Kier alpha value is -2.53. The minimum atomic E-state index is 0.107. The zero-order chi connectivity index (χ0) is 20.5. The Morgan fingerprint density at radius 2 is 1.66 bits per heavy atom. The van der Waals surface area contributed by atoms with E-state index in [9.17, 15) is 4.79 Å². The maximum atomic E-state index is 12.2. The average Bonchev–Trinajstić information content (AvgIpc) is 2.77. The van der Waals surface area contributed by atoms with E-state index in [4.69, 9.17) is 9.47 Å². The van der Waals surface area contributed by atoms with Crippen molar-refractivity contribution in [3.63, 3.8) is 0 Å². The topological polar surface area (TPSA) is 50.8 Å². The van der Waals surface area contributed by atoms with Gasteiger partial charge in [0.05, 0.1) is 20.8 Å². The monoisotopic (exact) mass is 396 g/mol. The molecule has 0 bridgehead atoms. The van der Waals surface area contributed by atoms with Gasteiger partial charge in [-0.3, -0.25) is 9.69 Å². The quantitative estimate of drug-likeness (QED) is 0.703. The van der Waals surface area contributed by atoms with Crippen LogP contribution in [0.25, 0.3) is 0 Å². The van der Waals surface area contributed by atoms with Gasteiger partial charge in [0.2, 0.25) is 5.91 Å². The predicted molar refractivity (Wildman–Crippen MR) is 115 cm³/mol. The number of carbonyl (C=O) groups is 1. The highest BCUT2D eigenvalue weighted by Gasteiger charge is 2.20. The molecule has 2 aromatic carbocycles. The highest BCUT2D eigenvalue weighted by atomic mass is 16.5. The van der Waals surface area contributed by atoms with Crippen molar-refractivity contribution in [1.82, 2.24) is 10.2 Å². The zero-order valence-corrected chi connectivity index (χ0v) is 17.5. The predicted octanol–water partition coefficient (Wildman–Crippen LogP) is 3.66. The third kappa shape index (κ3) is 6.79. The first kappa shape index (κ1) is 21.2. The first-order valence-electron chi connectivity index (χ1n) is 10.4. The van der Waals surface area contributed by atoms with E-state index in [-0.39, 0.29) is 5.91 Å². The molecule has 1 fully saturated rings. The molecule has 2 aromatic rings. The van der Waals surface area contributed by atoms with Crippen LogP contribution in [0.3, 0.4) is 0 Å². The lowest BCUT2D eigenvalue weighted by Gasteiger charge is -2.31. The first-order chi connectivity index (χ1) is 14.2. The third-order valence-electron chi connectivity index (χ3n) is 5.66. The Labute approximate surface area is 174 Å². The molecule has 1 heterocycles. The molecule has 5 heteroatoms. The van der Waals surface area contributed by atoms with Crippen molar-refractivity contribution in [2.45, 2.75) is 32.2 Å². The van der Waals surface area contributed by atoms with Crippen molar-refractivity contribution < 1.29 is 14.3 Å². The number of piperidine rings is 1. The molecular formula is C24H32N2O3. The molecule has 1 aliphatic heterocycles. The van der Waals surface area contributed by atoms with Gasteiger partial charge in [-0.1, -0.05) is 30.3 Å². The summed E-state index contributed by atoms with van der Waals surface area (Å²) >= 11 is 0. The zero-order valence-electron chi connectivity index (χ0n) is 17.5. The molecular weight excluding hydrogens is 364 g/mol. The Morgan fingerprint density at radius 1 is 1.00 bits per heavy atom. The van der Waals surface area contributed by atoms with Crippen LogP contribution >= 0.6 is 0 Å². The first-order valence-corrected chi connectivity index (χ1v) is 10.4. The fourth-order valence-corrected chi connectivity index (χ4v) is 3.87. The van der Waals surface area contributed by atoms with Crippen molar-refractivity contribution in [3.05, 3.63) is 59.7 Å². The summed E-state index contributed by atoms with van der Waals surface area (Å²) < 4.78 is 10.7. The summed E-state index contributed by atoms with van der Waals surface area (Å²) in [7, 11) is 3.37. The molecule has 0 aromatic heterocycles. The Bertz CT molecular complexity index is 749. The fourth-order valence-electron chi connectivity index (χ4n) is 3.87. The number of amides is 1. The van der Waals surface area contributed by atoms with E-state index in [1.807, 2.05) is 36.4 Å². The van der Waals surface area contributed by atoms with Crippen LogP contribution in [-0.2, 0) is 17.8 Å². The molecule has 1 N–H and O–H groups in total. The number of aryl methyl sites for hydroxylation is 1. The molecule has 1 saturated heterocycles. The van der Waals surface area contributed by atoms with Crippen LogP contribution in [-0.4, -0.2) is 44.7 Å². The summed E-state index contributed by atoms with van der Waals surface area (Å²) in [5.74, 6) is 2.50.